The number of hydrogen-bond donors (Lipinski definition) is 1. The number of halogens is 1. The summed E-state index contributed by atoms with van der Waals surface area (Å²) in [7, 11) is 0. The van der Waals surface area contributed by atoms with E-state index in [1.165, 1.54) is 12.1 Å². The van der Waals surface area contributed by atoms with Crippen molar-refractivity contribution >= 4 is 10.9 Å². The van der Waals surface area contributed by atoms with Gasteiger partial charge in [0.1, 0.15) is 5.82 Å². The van der Waals surface area contributed by atoms with Crippen LogP contribution in [-0.4, -0.2) is 4.98 Å². The van der Waals surface area contributed by atoms with Gasteiger partial charge in [0.05, 0.1) is 18.2 Å². The van der Waals surface area contributed by atoms with Crippen LogP contribution < -0.4 is 0 Å². The SMILES string of the molecule is N#CCc1c(-c2ccccc2)[nH]c2ccc(F)cc12. The second-order valence-electron chi connectivity index (χ2n) is 4.37. The van der Waals surface area contributed by atoms with Crippen LogP contribution in [0.25, 0.3) is 22.2 Å². The van der Waals surface area contributed by atoms with Gasteiger partial charge in [-0.15, -0.1) is 0 Å². The summed E-state index contributed by atoms with van der Waals surface area (Å²) in [5, 5.41) is 9.76. The lowest BCUT2D eigenvalue weighted by molar-refractivity contribution is 0.629. The van der Waals surface area contributed by atoms with Gasteiger partial charge in [-0.05, 0) is 29.3 Å². The summed E-state index contributed by atoms with van der Waals surface area (Å²) in [6.45, 7) is 0. The Morgan fingerprint density at radius 2 is 1.89 bits per heavy atom. The summed E-state index contributed by atoms with van der Waals surface area (Å²) in [6, 6.07) is 16.5. The topological polar surface area (TPSA) is 39.6 Å². The molecule has 0 saturated carbocycles. The fourth-order valence-corrected chi connectivity index (χ4v) is 2.33. The molecule has 0 saturated heterocycles. The molecular weight excluding hydrogens is 239 g/mol. The van der Waals surface area contributed by atoms with E-state index in [-0.39, 0.29) is 12.2 Å². The lowest BCUT2D eigenvalue weighted by Gasteiger charge is -2.01. The van der Waals surface area contributed by atoms with Crippen LogP contribution in [0.5, 0.6) is 0 Å². The number of aromatic amines is 1. The molecule has 1 heterocycles. The molecule has 0 fully saturated rings. The number of nitriles is 1. The molecule has 0 spiro atoms. The molecular formula is C16H11FN2. The molecule has 92 valence electrons. The Labute approximate surface area is 110 Å². The van der Waals surface area contributed by atoms with Gasteiger partial charge in [-0.2, -0.15) is 5.26 Å². The molecule has 2 aromatic carbocycles. The molecule has 0 radical (unpaired) electrons. The average Bonchev–Trinajstić information content (AvgIpc) is 2.79. The molecule has 0 amide bonds. The van der Waals surface area contributed by atoms with E-state index in [1.54, 1.807) is 6.07 Å². The zero-order chi connectivity index (χ0) is 13.2. The number of nitrogens with zero attached hydrogens (tertiary/aromatic N) is 1. The molecule has 0 atom stereocenters. The van der Waals surface area contributed by atoms with Gasteiger partial charge in [0, 0.05) is 10.9 Å². The van der Waals surface area contributed by atoms with Crippen LogP contribution in [0.2, 0.25) is 0 Å². The first-order chi connectivity index (χ1) is 9.29. The van der Waals surface area contributed by atoms with E-state index < -0.39 is 0 Å². The van der Waals surface area contributed by atoms with Crippen molar-refractivity contribution in [3.63, 3.8) is 0 Å². The predicted octanol–water partition coefficient (Wildman–Crippen LogP) is 4.04. The third kappa shape index (κ3) is 1.98. The highest BCUT2D eigenvalue weighted by atomic mass is 19.1. The maximum absolute atomic E-state index is 13.4. The fraction of sp³-hybridized carbons (Fsp3) is 0.0625. The maximum atomic E-state index is 13.4. The summed E-state index contributed by atoms with van der Waals surface area (Å²) in [4.78, 5) is 3.27. The van der Waals surface area contributed by atoms with Crippen molar-refractivity contribution in [1.29, 1.82) is 5.26 Å². The number of hydrogen-bond acceptors (Lipinski definition) is 1. The minimum atomic E-state index is -0.287. The van der Waals surface area contributed by atoms with E-state index in [9.17, 15) is 4.39 Å². The summed E-state index contributed by atoms with van der Waals surface area (Å²) < 4.78 is 13.4. The van der Waals surface area contributed by atoms with E-state index >= 15 is 0 Å². The van der Waals surface area contributed by atoms with Crippen LogP contribution in [-0.2, 0) is 6.42 Å². The van der Waals surface area contributed by atoms with Crippen molar-refractivity contribution < 1.29 is 4.39 Å². The molecule has 0 aliphatic heterocycles. The molecule has 0 aliphatic rings. The van der Waals surface area contributed by atoms with E-state index in [2.05, 4.69) is 11.1 Å². The number of benzene rings is 2. The van der Waals surface area contributed by atoms with E-state index in [0.717, 1.165) is 27.7 Å². The second kappa shape index (κ2) is 4.58. The molecule has 0 unspecified atom stereocenters. The van der Waals surface area contributed by atoms with Gasteiger partial charge in [-0.25, -0.2) is 4.39 Å². The first kappa shape index (κ1) is 11.5. The first-order valence-electron chi connectivity index (χ1n) is 6.02. The zero-order valence-electron chi connectivity index (χ0n) is 10.2. The molecule has 0 aliphatic carbocycles. The number of rotatable bonds is 2. The van der Waals surface area contributed by atoms with Gasteiger partial charge in [0.2, 0.25) is 0 Å². The third-order valence-corrected chi connectivity index (χ3v) is 3.19. The molecule has 3 heteroatoms. The summed E-state index contributed by atoms with van der Waals surface area (Å²) >= 11 is 0. The van der Waals surface area contributed by atoms with Gasteiger partial charge in [0.15, 0.2) is 0 Å². The Morgan fingerprint density at radius 3 is 2.63 bits per heavy atom. The van der Waals surface area contributed by atoms with Crippen molar-refractivity contribution in [1.82, 2.24) is 4.98 Å². The Bertz CT molecular complexity index is 767. The van der Waals surface area contributed by atoms with E-state index in [1.807, 2.05) is 30.3 Å². The number of fused-ring (bicyclic) bond motifs is 1. The summed E-state index contributed by atoms with van der Waals surface area (Å²) in [6.07, 6.45) is 0.258. The van der Waals surface area contributed by atoms with Crippen molar-refractivity contribution in [2.45, 2.75) is 6.42 Å². The molecule has 1 N–H and O–H groups in total. The van der Waals surface area contributed by atoms with Gasteiger partial charge in [-0.1, -0.05) is 30.3 Å². The summed E-state index contributed by atoms with van der Waals surface area (Å²) in [5.41, 5.74) is 3.60. The van der Waals surface area contributed by atoms with Gasteiger partial charge in [0.25, 0.3) is 0 Å². The number of nitrogens with one attached hydrogen (secondary N) is 1. The van der Waals surface area contributed by atoms with Crippen molar-refractivity contribution in [3.8, 4) is 17.3 Å². The fourth-order valence-electron chi connectivity index (χ4n) is 2.33. The molecule has 0 bridgehead atoms. The van der Waals surface area contributed by atoms with Crippen molar-refractivity contribution in [2.75, 3.05) is 0 Å². The Balaban J connectivity index is 2.30. The lowest BCUT2D eigenvalue weighted by Crippen LogP contribution is -1.85. The highest BCUT2D eigenvalue weighted by Gasteiger charge is 2.13. The lowest BCUT2D eigenvalue weighted by atomic mass is 10.0. The quantitative estimate of drug-likeness (QED) is 0.732. The van der Waals surface area contributed by atoms with Crippen LogP contribution in [0.15, 0.2) is 48.5 Å². The largest absolute Gasteiger partial charge is 0.354 e. The van der Waals surface area contributed by atoms with Gasteiger partial charge in [-0.3, -0.25) is 0 Å². The Kier molecular flexibility index (Phi) is 2.77. The number of H-pyrrole nitrogens is 1. The van der Waals surface area contributed by atoms with Gasteiger partial charge < -0.3 is 4.98 Å². The van der Waals surface area contributed by atoms with E-state index in [4.69, 9.17) is 5.26 Å². The van der Waals surface area contributed by atoms with Crippen LogP contribution in [0, 0.1) is 17.1 Å². The molecule has 3 rings (SSSR count). The minimum Gasteiger partial charge on any atom is -0.354 e. The second-order valence-corrected chi connectivity index (χ2v) is 4.37. The molecule has 3 aromatic rings. The Morgan fingerprint density at radius 1 is 1.11 bits per heavy atom. The molecule has 2 nitrogen and oxygen atoms in total. The first-order valence-corrected chi connectivity index (χ1v) is 6.02. The van der Waals surface area contributed by atoms with Gasteiger partial charge >= 0.3 is 0 Å². The van der Waals surface area contributed by atoms with Crippen molar-refractivity contribution in [2.24, 2.45) is 0 Å². The van der Waals surface area contributed by atoms with Crippen LogP contribution >= 0.6 is 0 Å². The summed E-state index contributed by atoms with van der Waals surface area (Å²) in [5.74, 6) is -0.287. The average molecular weight is 250 g/mol. The third-order valence-electron chi connectivity index (χ3n) is 3.19. The Hall–Kier alpha value is -2.60. The standard InChI is InChI=1S/C16H11FN2/c17-12-6-7-15-14(10-12)13(8-9-18)16(19-15)11-4-2-1-3-5-11/h1-7,10,19H,8H2. The van der Waals surface area contributed by atoms with Crippen LogP contribution in [0.3, 0.4) is 0 Å². The molecule has 1 aromatic heterocycles. The van der Waals surface area contributed by atoms with E-state index in [0.29, 0.717) is 0 Å². The monoisotopic (exact) mass is 250 g/mol. The zero-order valence-corrected chi connectivity index (χ0v) is 10.2. The van der Waals surface area contributed by atoms with Crippen molar-refractivity contribution in [3.05, 3.63) is 59.9 Å². The smallest absolute Gasteiger partial charge is 0.123 e. The van der Waals surface area contributed by atoms with Crippen LogP contribution in [0.1, 0.15) is 5.56 Å². The minimum absolute atomic E-state index is 0.258. The van der Waals surface area contributed by atoms with Crippen LogP contribution in [0.4, 0.5) is 4.39 Å². The highest BCUT2D eigenvalue weighted by Crippen LogP contribution is 2.30. The highest BCUT2D eigenvalue weighted by molar-refractivity contribution is 5.91. The number of aromatic nitrogens is 1. The molecule has 19 heavy (non-hydrogen) atoms. The predicted molar refractivity (Wildman–Crippen MR) is 73.0 cm³/mol. The normalized spacial score (nSPS) is 10.5. The maximum Gasteiger partial charge on any atom is 0.123 e.